The number of ether oxygens (including phenoxy) is 1. The zero-order valence-corrected chi connectivity index (χ0v) is 12.3. The third-order valence-electron chi connectivity index (χ3n) is 3.42. The van der Waals surface area contributed by atoms with Gasteiger partial charge in [0.05, 0.1) is 5.25 Å². The van der Waals surface area contributed by atoms with Crippen molar-refractivity contribution in [3.05, 3.63) is 35.4 Å². The number of sulfonamides is 1. The third-order valence-corrected chi connectivity index (χ3v) is 5.31. The molecular weight excluding hydrogens is 294 g/mol. The number of hydrogen-bond donors (Lipinski definition) is 3. The summed E-state index contributed by atoms with van der Waals surface area (Å²) in [6, 6.07) is 6.87. The quantitative estimate of drug-likeness (QED) is 0.315. The maximum Gasteiger partial charge on any atom is 0.214 e. The molecule has 1 fully saturated rings. The van der Waals surface area contributed by atoms with Crippen molar-refractivity contribution < 1.29 is 18.4 Å². The smallest absolute Gasteiger partial charge is 0.214 e. The zero-order chi connectivity index (χ0) is 15.3. The van der Waals surface area contributed by atoms with Crippen molar-refractivity contribution in [2.24, 2.45) is 10.9 Å². The largest absolute Gasteiger partial charge is 0.409 e. The number of nitrogens with zero attached hydrogens (tertiary/aromatic N) is 1. The Hall–Kier alpha value is -1.64. The minimum absolute atomic E-state index is 0.0101. The van der Waals surface area contributed by atoms with Gasteiger partial charge >= 0.3 is 0 Å². The SMILES string of the molecule is NC(=NO)c1cccc(CNS(=O)(=O)C2CCOCC2)c1. The Balaban J connectivity index is 2.02. The van der Waals surface area contributed by atoms with Crippen LogP contribution in [0, 0.1) is 0 Å². The van der Waals surface area contributed by atoms with Crippen molar-refractivity contribution in [2.45, 2.75) is 24.6 Å². The Morgan fingerprint density at radius 3 is 2.81 bits per heavy atom. The van der Waals surface area contributed by atoms with Crippen molar-refractivity contribution in [2.75, 3.05) is 13.2 Å². The van der Waals surface area contributed by atoms with E-state index in [0.717, 1.165) is 5.56 Å². The van der Waals surface area contributed by atoms with Gasteiger partial charge in [0.25, 0.3) is 0 Å². The summed E-state index contributed by atoms with van der Waals surface area (Å²) in [4.78, 5) is 0. The summed E-state index contributed by atoms with van der Waals surface area (Å²) in [5.41, 5.74) is 6.80. The number of nitrogens with one attached hydrogen (secondary N) is 1. The lowest BCUT2D eigenvalue weighted by atomic mass is 10.1. The molecule has 7 nitrogen and oxygen atoms in total. The molecule has 0 amide bonds. The fourth-order valence-corrected chi connectivity index (χ4v) is 3.60. The highest BCUT2D eigenvalue weighted by molar-refractivity contribution is 7.90. The van der Waals surface area contributed by atoms with Crippen LogP contribution in [0.15, 0.2) is 29.4 Å². The standard InChI is InChI=1S/C13H19N3O4S/c14-13(16-17)11-3-1-2-10(8-11)9-15-21(18,19)12-4-6-20-7-5-12/h1-3,8,12,15,17H,4-7,9H2,(H2,14,16). The molecule has 116 valence electrons. The number of amidine groups is 1. The summed E-state index contributed by atoms with van der Waals surface area (Å²) in [6.45, 7) is 1.13. The lowest BCUT2D eigenvalue weighted by Gasteiger charge is -2.22. The third kappa shape index (κ3) is 4.16. The number of benzene rings is 1. The van der Waals surface area contributed by atoms with Gasteiger partial charge in [-0.3, -0.25) is 0 Å². The topological polar surface area (TPSA) is 114 Å². The number of nitrogens with two attached hydrogens (primary N) is 1. The molecule has 8 heteroatoms. The van der Waals surface area contributed by atoms with Crippen LogP contribution in [0.3, 0.4) is 0 Å². The van der Waals surface area contributed by atoms with Crippen molar-refractivity contribution in [1.29, 1.82) is 0 Å². The average Bonchev–Trinajstić information content (AvgIpc) is 2.53. The zero-order valence-electron chi connectivity index (χ0n) is 11.5. The summed E-state index contributed by atoms with van der Waals surface area (Å²) in [6.07, 6.45) is 1.03. The van der Waals surface area contributed by atoms with Crippen molar-refractivity contribution >= 4 is 15.9 Å². The van der Waals surface area contributed by atoms with E-state index in [2.05, 4.69) is 9.88 Å². The van der Waals surface area contributed by atoms with E-state index in [1.807, 2.05) is 0 Å². The second kappa shape index (κ2) is 6.88. The first kappa shape index (κ1) is 15.7. The predicted octanol–water partition coefficient (Wildman–Crippen LogP) is 0.379. The van der Waals surface area contributed by atoms with Gasteiger partial charge in [-0.05, 0) is 24.5 Å². The lowest BCUT2D eigenvalue weighted by Crippen LogP contribution is -2.37. The summed E-state index contributed by atoms with van der Waals surface area (Å²) < 4.78 is 32.1. The lowest BCUT2D eigenvalue weighted by molar-refractivity contribution is 0.0981. The molecular formula is C13H19N3O4S. The Kier molecular flexibility index (Phi) is 5.16. The molecule has 4 N–H and O–H groups in total. The van der Waals surface area contributed by atoms with Crippen molar-refractivity contribution in [3.8, 4) is 0 Å². The fraction of sp³-hybridized carbons (Fsp3) is 0.462. The van der Waals surface area contributed by atoms with Gasteiger partial charge in [0, 0.05) is 25.3 Å². The molecule has 1 saturated heterocycles. The van der Waals surface area contributed by atoms with E-state index in [9.17, 15) is 8.42 Å². The maximum atomic E-state index is 12.2. The van der Waals surface area contributed by atoms with Gasteiger partial charge in [0.15, 0.2) is 5.84 Å². The van der Waals surface area contributed by atoms with E-state index in [1.54, 1.807) is 24.3 Å². The summed E-state index contributed by atoms with van der Waals surface area (Å²) in [5.74, 6) is -0.0101. The second-order valence-electron chi connectivity index (χ2n) is 4.86. The number of hydrogen-bond acceptors (Lipinski definition) is 5. The Labute approximate surface area is 123 Å². The molecule has 0 saturated carbocycles. The molecule has 0 unspecified atom stereocenters. The van der Waals surface area contributed by atoms with Gasteiger partial charge in [0.1, 0.15) is 0 Å². The van der Waals surface area contributed by atoms with Crippen molar-refractivity contribution in [1.82, 2.24) is 4.72 Å². The minimum atomic E-state index is -3.36. The van der Waals surface area contributed by atoms with Crippen LogP contribution in [0.4, 0.5) is 0 Å². The van der Waals surface area contributed by atoms with Crippen LogP contribution in [-0.4, -0.2) is 37.9 Å². The second-order valence-corrected chi connectivity index (χ2v) is 6.91. The van der Waals surface area contributed by atoms with Gasteiger partial charge in [-0.25, -0.2) is 13.1 Å². The Morgan fingerprint density at radius 2 is 2.14 bits per heavy atom. The molecule has 21 heavy (non-hydrogen) atoms. The molecule has 1 aliphatic heterocycles. The number of rotatable bonds is 5. The van der Waals surface area contributed by atoms with Crippen LogP contribution in [0.5, 0.6) is 0 Å². The highest BCUT2D eigenvalue weighted by Crippen LogP contribution is 2.15. The van der Waals surface area contributed by atoms with Crippen LogP contribution in [0.2, 0.25) is 0 Å². The highest BCUT2D eigenvalue weighted by Gasteiger charge is 2.27. The highest BCUT2D eigenvalue weighted by atomic mass is 32.2. The maximum absolute atomic E-state index is 12.2. The molecule has 2 rings (SSSR count). The van der Waals surface area contributed by atoms with Gasteiger partial charge < -0.3 is 15.7 Å². The average molecular weight is 313 g/mol. The first-order chi connectivity index (χ1) is 10.0. The van der Waals surface area contributed by atoms with Crippen LogP contribution >= 0.6 is 0 Å². The van der Waals surface area contributed by atoms with Crippen LogP contribution in [-0.2, 0) is 21.3 Å². The predicted molar refractivity (Wildman–Crippen MR) is 78.6 cm³/mol. The first-order valence-corrected chi connectivity index (χ1v) is 8.20. The van der Waals surface area contributed by atoms with Crippen LogP contribution in [0.25, 0.3) is 0 Å². The molecule has 1 aromatic carbocycles. The van der Waals surface area contributed by atoms with Crippen molar-refractivity contribution in [3.63, 3.8) is 0 Å². The van der Waals surface area contributed by atoms with E-state index in [-0.39, 0.29) is 12.4 Å². The molecule has 0 atom stereocenters. The Morgan fingerprint density at radius 1 is 1.43 bits per heavy atom. The molecule has 1 aromatic rings. The van der Waals surface area contributed by atoms with Gasteiger partial charge in [0.2, 0.25) is 10.0 Å². The van der Waals surface area contributed by atoms with E-state index >= 15 is 0 Å². The number of oxime groups is 1. The van der Waals surface area contributed by atoms with Gasteiger partial charge in [-0.15, -0.1) is 0 Å². The van der Waals surface area contributed by atoms with Gasteiger partial charge in [-0.2, -0.15) is 0 Å². The molecule has 1 heterocycles. The molecule has 0 spiro atoms. The summed E-state index contributed by atoms with van der Waals surface area (Å²) >= 11 is 0. The molecule has 0 aromatic heterocycles. The monoisotopic (exact) mass is 313 g/mol. The van der Waals surface area contributed by atoms with E-state index in [0.29, 0.717) is 31.6 Å². The molecule has 1 aliphatic rings. The van der Waals surface area contributed by atoms with E-state index in [1.165, 1.54) is 0 Å². The molecule has 0 radical (unpaired) electrons. The Bertz CT molecular complexity index is 610. The fourth-order valence-electron chi connectivity index (χ4n) is 2.19. The van der Waals surface area contributed by atoms with Crippen LogP contribution < -0.4 is 10.5 Å². The van der Waals surface area contributed by atoms with E-state index in [4.69, 9.17) is 15.7 Å². The molecule has 0 aliphatic carbocycles. The van der Waals surface area contributed by atoms with E-state index < -0.39 is 15.3 Å². The minimum Gasteiger partial charge on any atom is -0.409 e. The first-order valence-electron chi connectivity index (χ1n) is 6.66. The van der Waals surface area contributed by atoms with Crippen LogP contribution in [0.1, 0.15) is 24.0 Å². The summed E-state index contributed by atoms with van der Waals surface area (Å²) in [7, 11) is -3.36. The molecule has 0 bridgehead atoms. The summed E-state index contributed by atoms with van der Waals surface area (Å²) in [5, 5.41) is 11.2. The van der Waals surface area contributed by atoms with Gasteiger partial charge in [-0.1, -0.05) is 23.4 Å². The normalized spacial score (nSPS) is 17.8.